The quantitative estimate of drug-likeness (QED) is 0.701. The molecule has 3 aromatic rings. The van der Waals surface area contributed by atoms with Crippen molar-refractivity contribution in [3.63, 3.8) is 0 Å². The molecule has 4 rings (SSSR count). The number of carbonyl (C=O) groups excluding carboxylic acids is 1. The van der Waals surface area contributed by atoms with Gasteiger partial charge < -0.3 is 9.32 Å². The third kappa shape index (κ3) is 3.87. The fourth-order valence-electron chi connectivity index (χ4n) is 3.60. The van der Waals surface area contributed by atoms with Gasteiger partial charge in [0.15, 0.2) is 5.76 Å². The van der Waals surface area contributed by atoms with Gasteiger partial charge in [0.2, 0.25) is 0 Å². The number of hydrogen-bond donors (Lipinski definition) is 1. The number of amides is 1. The van der Waals surface area contributed by atoms with Gasteiger partial charge in [0.1, 0.15) is 5.76 Å². The molecule has 0 saturated carbocycles. The molecule has 0 aliphatic carbocycles. The Hall–Kier alpha value is -2.86. The van der Waals surface area contributed by atoms with Crippen LogP contribution in [0.15, 0.2) is 52.9 Å². The smallest absolute Gasteiger partial charge is 0.289 e. The van der Waals surface area contributed by atoms with Crippen LogP contribution in [0.1, 0.15) is 47.8 Å². The van der Waals surface area contributed by atoms with Crippen molar-refractivity contribution in [3.8, 4) is 11.3 Å². The zero-order chi connectivity index (χ0) is 19.5. The van der Waals surface area contributed by atoms with Gasteiger partial charge in [0, 0.05) is 12.6 Å². The topological polar surface area (TPSA) is 65.4 Å². The fourth-order valence-corrected chi connectivity index (χ4v) is 3.60. The molecule has 28 heavy (non-hydrogen) atoms. The monoisotopic (exact) mass is 378 g/mol. The van der Waals surface area contributed by atoms with E-state index in [1.54, 1.807) is 18.0 Å². The summed E-state index contributed by atoms with van der Waals surface area (Å²) < 4.78 is 5.83. The van der Waals surface area contributed by atoms with Gasteiger partial charge in [-0.05, 0) is 51.1 Å². The van der Waals surface area contributed by atoms with Crippen LogP contribution >= 0.6 is 0 Å². The molecule has 6 heteroatoms. The van der Waals surface area contributed by atoms with Crippen LogP contribution in [0, 0.1) is 0 Å². The van der Waals surface area contributed by atoms with E-state index in [-0.39, 0.29) is 11.9 Å². The Labute approximate surface area is 165 Å². The van der Waals surface area contributed by atoms with Crippen LogP contribution in [-0.2, 0) is 6.54 Å². The number of hydrogen-bond acceptors (Lipinski definition) is 4. The summed E-state index contributed by atoms with van der Waals surface area (Å²) in [5.74, 6) is 1.10. The molecule has 1 aliphatic rings. The Kier molecular flexibility index (Phi) is 5.30. The summed E-state index contributed by atoms with van der Waals surface area (Å²) in [6, 6.07) is 15.5. The number of H-pyrrole nitrogens is 1. The second-order valence-electron chi connectivity index (χ2n) is 7.42. The first kappa shape index (κ1) is 18.5. The summed E-state index contributed by atoms with van der Waals surface area (Å²) in [5.41, 5.74) is 2.80. The van der Waals surface area contributed by atoms with E-state index in [0.29, 0.717) is 5.76 Å². The van der Waals surface area contributed by atoms with Crippen LogP contribution in [0.4, 0.5) is 0 Å². The molecule has 0 bridgehead atoms. The Morgan fingerprint density at radius 2 is 1.96 bits per heavy atom. The first-order chi connectivity index (χ1) is 13.6. The van der Waals surface area contributed by atoms with Gasteiger partial charge in [-0.2, -0.15) is 5.10 Å². The van der Waals surface area contributed by atoms with Gasteiger partial charge in [-0.15, -0.1) is 0 Å². The lowest BCUT2D eigenvalue weighted by molar-refractivity contribution is 0.0704. The van der Waals surface area contributed by atoms with Crippen molar-refractivity contribution in [3.05, 3.63) is 65.7 Å². The average molecular weight is 378 g/mol. The molecule has 3 heterocycles. The Bertz CT molecular complexity index is 925. The molecule has 1 unspecified atom stereocenters. The molecule has 0 radical (unpaired) electrons. The number of rotatable bonds is 6. The Morgan fingerprint density at radius 1 is 1.21 bits per heavy atom. The van der Waals surface area contributed by atoms with Gasteiger partial charge in [0.05, 0.1) is 24.0 Å². The van der Waals surface area contributed by atoms with Crippen molar-refractivity contribution in [1.29, 1.82) is 0 Å². The van der Waals surface area contributed by atoms with Gasteiger partial charge in [-0.3, -0.25) is 14.8 Å². The third-order valence-corrected chi connectivity index (χ3v) is 5.47. The molecule has 146 valence electrons. The minimum atomic E-state index is -0.149. The van der Waals surface area contributed by atoms with E-state index < -0.39 is 0 Å². The van der Waals surface area contributed by atoms with Crippen LogP contribution in [0.5, 0.6) is 0 Å². The summed E-state index contributed by atoms with van der Waals surface area (Å²) >= 11 is 0. The standard InChI is InChI=1S/C22H26N4O2/c1-16(19-14-20(24-23-19)17-8-4-3-5-9-17)25(2)22(27)21-11-10-18(28-21)15-26-12-6-7-13-26/h3-5,8-11,14,16H,6-7,12-13,15H2,1-2H3,(H,23,24). The van der Waals surface area contributed by atoms with Crippen molar-refractivity contribution < 1.29 is 9.21 Å². The molecular formula is C22H26N4O2. The minimum Gasteiger partial charge on any atom is -0.455 e. The molecule has 1 aromatic carbocycles. The van der Waals surface area contributed by atoms with Crippen molar-refractivity contribution in [2.45, 2.75) is 32.4 Å². The highest BCUT2D eigenvalue weighted by atomic mass is 16.4. The van der Waals surface area contributed by atoms with Crippen molar-refractivity contribution >= 4 is 5.91 Å². The molecule has 1 N–H and O–H groups in total. The van der Waals surface area contributed by atoms with E-state index in [1.807, 2.05) is 49.4 Å². The number of benzene rings is 1. The Balaban J connectivity index is 1.43. The fraction of sp³-hybridized carbons (Fsp3) is 0.364. The minimum absolute atomic E-state index is 0.129. The summed E-state index contributed by atoms with van der Waals surface area (Å²) in [5, 5.41) is 7.46. The van der Waals surface area contributed by atoms with E-state index in [0.717, 1.165) is 42.3 Å². The highest BCUT2D eigenvalue weighted by Crippen LogP contribution is 2.25. The predicted octanol–water partition coefficient (Wildman–Crippen LogP) is 4.10. The number of carbonyl (C=O) groups is 1. The molecular weight excluding hydrogens is 352 g/mol. The second kappa shape index (κ2) is 8.02. The maximum Gasteiger partial charge on any atom is 0.289 e. The van der Waals surface area contributed by atoms with Crippen LogP contribution in [-0.4, -0.2) is 46.0 Å². The van der Waals surface area contributed by atoms with Crippen molar-refractivity contribution in [2.24, 2.45) is 0 Å². The maximum absolute atomic E-state index is 12.9. The van der Waals surface area contributed by atoms with E-state index >= 15 is 0 Å². The highest BCUT2D eigenvalue weighted by Gasteiger charge is 2.24. The average Bonchev–Trinajstić information content (AvgIpc) is 3.49. The highest BCUT2D eigenvalue weighted by molar-refractivity contribution is 5.91. The van der Waals surface area contributed by atoms with E-state index in [9.17, 15) is 4.79 Å². The lowest BCUT2D eigenvalue weighted by atomic mass is 10.1. The zero-order valence-electron chi connectivity index (χ0n) is 16.4. The van der Waals surface area contributed by atoms with Gasteiger partial charge in [-0.1, -0.05) is 30.3 Å². The normalized spacial score (nSPS) is 15.6. The largest absolute Gasteiger partial charge is 0.455 e. The molecule has 1 atom stereocenters. The maximum atomic E-state index is 12.9. The Morgan fingerprint density at radius 3 is 2.71 bits per heavy atom. The molecule has 1 aliphatic heterocycles. The van der Waals surface area contributed by atoms with Crippen LogP contribution in [0.2, 0.25) is 0 Å². The van der Waals surface area contributed by atoms with Crippen molar-refractivity contribution in [1.82, 2.24) is 20.0 Å². The lowest BCUT2D eigenvalue weighted by Crippen LogP contribution is -2.29. The van der Waals surface area contributed by atoms with Gasteiger partial charge >= 0.3 is 0 Å². The van der Waals surface area contributed by atoms with E-state index in [1.165, 1.54) is 12.8 Å². The number of aromatic nitrogens is 2. The molecule has 1 saturated heterocycles. The molecule has 1 fully saturated rings. The number of aromatic amines is 1. The zero-order valence-corrected chi connectivity index (χ0v) is 16.4. The second-order valence-corrected chi connectivity index (χ2v) is 7.42. The number of nitrogens with one attached hydrogen (secondary N) is 1. The van der Waals surface area contributed by atoms with Gasteiger partial charge in [-0.25, -0.2) is 0 Å². The summed E-state index contributed by atoms with van der Waals surface area (Å²) in [7, 11) is 1.79. The van der Waals surface area contributed by atoms with Crippen LogP contribution < -0.4 is 0 Å². The first-order valence-electron chi connectivity index (χ1n) is 9.81. The molecule has 6 nitrogen and oxygen atoms in total. The van der Waals surface area contributed by atoms with E-state index in [2.05, 4.69) is 15.1 Å². The molecule has 1 amide bonds. The van der Waals surface area contributed by atoms with Crippen LogP contribution in [0.25, 0.3) is 11.3 Å². The first-order valence-corrected chi connectivity index (χ1v) is 9.81. The van der Waals surface area contributed by atoms with Gasteiger partial charge in [0.25, 0.3) is 5.91 Å². The number of likely N-dealkylation sites (tertiary alicyclic amines) is 1. The summed E-state index contributed by atoms with van der Waals surface area (Å²) in [4.78, 5) is 16.9. The summed E-state index contributed by atoms with van der Waals surface area (Å²) in [6.45, 7) is 4.96. The molecule has 2 aromatic heterocycles. The lowest BCUT2D eigenvalue weighted by Gasteiger charge is -2.22. The van der Waals surface area contributed by atoms with Crippen LogP contribution in [0.3, 0.4) is 0 Å². The third-order valence-electron chi connectivity index (χ3n) is 5.47. The SMILES string of the molecule is CC(c1cc(-c2ccccc2)n[nH]1)N(C)C(=O)c1ccc(CN2CCCC2)o1. The summed E-state index contributed by atoms with van der Waals surface area (Å²) in [6.07, 6.45) is 2.48. The number of nitrogens with zero attached hydrogens (tertiary/aromatic N) is 3. The number of furan rings is 1. The molecule has 0 spiro atoms. The van der Waals surface area contributed by atoms with E-state index in [4.69, 9.17) is 4.42 Å². The predicted molar refractivity (Wildman–Crippen MR) is 108 cm³/mol. The van der Waals surface area contributed by atoms with Crippen molar-refractivity contribution in [2.75, 3.05) is 20.1 Å².